The fraction of sp³-hybridized carbons (Fsp3) is 0.429. The predicted octanol–water partition coefficient (Wildman–Crippen LogP) is 4.07. The average Bonchev–Trinajstić information content (AvgIpc) is 3.15. The number of carbonyl (C=O) groups excluding carboxylic acids is 2. The lowest BCUT2D eigenvalue weighted by atomic mass is 9.79. The number of thiophene rings is 1. The zero-order chi connectivity index (χ0) is 19.7. The summed E-state index contributed by atoms with van der Waals surface area (Å²) in [6.07, 6.45) is 2.38. The van der Waals surface area contributed by atoms with Crippen molar-refractivity contribution in [3.63, 3.8) is 0 Å². The van der Waals surface area contributed by atoms with Gasteiger partial charge in [-0.2, -0.15) is 0 Å². The van der Waals surface area contributed by atoms with Gasteiger partial charge in [0.05, 0.1) is 9.09 Å². The molecular weight excluding hydrogens is 390 g/mol. The highest BCUT2D eigenvalue weighted by Crippen LogP contribution is 2.35. The molecular formula is C21H25N3O2S2. The number of carbonyl (C=O) groups is 2. The summed E-state index contributed by atoms with van der Waals surface area (Å²) in [6, 6.07) is 12.3. The van der Waals surface area contributed by atoms with Crippen molar-refractivity contribution >= 4 is 40.6 Å². The molecule has 7 heteroatoms. The second-order valence-electron chi connectivity index (χ2n) is 7.54. The third-order valence-electron chi connectivity index (χ3n) is 5.67. The van der Waals surface area contributed by atoms with E-state index in [2.05, 4.69) is 22.5 Å². The van der Waals surface area contributed by atoms with Crippen LogP contribution in [0.3, 0.4) is 0 Å². The summed E-state index contributed by atoms with van der Waals surface area (Å²) in [7, 11) is 0. The summed E-state index contributed by atoms with van der Waals surface area (Å²) in [6.45, 7) is 6.06. The van der Waals surface area contributed by atoms with E-state index in [1.807, 2.05) is 36.4 Å². The van der Waals surface area contributed by atoms with Crippen molar-refractivity contribution in [3.05, 3.63) is 41.3 Å². The van der Waals surface area contributed by atoms with Crippen molar-refractivity contribution in [2.45, 2.75) is 47.9 Å². The minimum atomic E-state index is -0.0772. The Morgan fingerprint density at radius 1 is 1.11 bits per heavy atom. The van der Waals surface area contributed by atoms with Crippen LogP contribution in [0.15, 0.2) is 45.5 Å². The third kappa shape index (κ3) is 4.26. The minimum Gasteiger partial charge on any atom is -0.347 e. The Morgan fingerprint density at radius 2 is 1.82 bits per heavy atom. The van der Waals surface area contributed by atoms with Crippen LogP contribution in [0.25, 0.3) is 0 Å². The Hall–Kier alpha value is -1.83. The summed E-state index contributed by atoms with van der Waals surface area (Å²) in [5.74, 6) is 0.579. The summed E-state index contributed by atoms with van der Waals surface area (Å²) in [5, 5.41) is 6.07. The van der Waals surface area contributed by atoms with E-state index < -0.39 is 0 Å². The molecule has 148 valence electrons. The van der Waals surface area contributed by atoms with Gasteiger partial charge in [-0.3, -0.25) is 14.5 Å². The summed E-state index contributed by atoms with van der Waals surface area (Å²) >= 11 is 3.16. The average molecular weight is 416 g/mol. The van der Waals surface area contributed by atoms with Gasteiger partial charge in [0, 0.05) is 29.6 Å². The summed E-state index contributed by atoms with van der Waals surface area (Å²) in [4.78, 5) is 28.2. The zero-order valence-corrected chi connectivity index (χ0v) is 17.7. The van der Waals surface area contributed by atoms with Gasteiger partial charge in [0.2, 0.25) is 5.91 Å². The van der Waals surface area contributed by atoms with Gasteiger partial charge < -0.3 is 10.6 Å². The molecule has 2 amide bonds. The van der Waals surface area contributed by atoms with Gasteiger partial charge in [-0.15, -0.1) is 11.3 Å². The molecule has 5 nitrogen and oxygen atoms in total. The van der Waals surface area contributed by atoms with E-state index >= 15 is 0 Å². The van der Waals surface area contributed by atoms with Crippen LogP contribution in [-0.4, -0.2) is 41.9 Å². The maximum absolute atomic E-state index is 12.8. The van der Waals surface area contributed by atoms with Crippen LogP contribution in [0.1, 0.15) is 36.4 Å². The van der Waals surface area contributed by atoms with Gasteiger partial charge in [0.1, 0.15) is 0 Å². The lowest BCUT2D eigenvalue weighted by Gasteiger charge is -2.49. The first-order valence-electron chi connectivity index (χ1n) is 9.70. The molecule has 0 spiro atoms. The lowest BCUT2D eigenvalue weighted by Crippen LogP contribution is -2.62. The van der Waals surface area contributed by atoms with E-state index in [0.717, 1.165) is 19.7 Å². The first-order valence-corrected chi connectivity index (χ1v) is 11.3. The number of hydrogen-bond donors (Lipinski definition) is 2. The first kappa shape index (κ1) is 19.5. The van der Waals surface area contributed by atoms with E-state index in [4.69, 9.17) is 0 Å². The molecule has 2 N–H and O–H groups in total. The minimum absolute atomic E-state index is 0.0449. The Morgan fingerprint density at radius 3 is 2.46 bits per heavy atom. The van der Waals surface area contributed by atoms with Gasteiger partial charge in [0.15, 0.2) is 0 Å². The normalized spacial score (nSPS) is 26.1. The number of piperidine rings is 3. The van der Waals surface area contributed by atoms with Crippen LogP contribution < -0.4 is 10.6 Å². The first-order chi connectivity index (χ1) is 13.5. The topological polar surface area (TPSA) is 61.4 Å². The van der Waals surface area contributed by atoms with E-state index in [1.165, 1.54) is 44.2 Å². The summed E-state index contributed by atoms with van der Waals surface area (Å²) in [5.41, 5.74) is 0.787. The van der Waals surface area contributed by atoms with Crippen molar-refractivity contribution in [1.82, 2.24) is 10.2 Å². The smallest absolute Gasteiger partial charge is 0.261 e. The number of rotatable bonds is 5. The maximum atomic E-state index is 12.8. The van der Waals surface area contributed by atoms with Gasteiger partial charge >= 0.3 is 0 Å². The molecule has 3 saturated heterocycles. The highest BCUT2D eigenvalue weighted by Gasteiger charge is 2.40. The quantitative estimate of drug-likeness (QED) is 0.773. The van der Waals surface area contributed by atoms with Gasteiger partial charge in [0.25, 0.3) is 5.91 Å². The monoisotopic (exact) mass is 415 g/mol. The number of nitrogens with one attached hydrogen (secondary N) is 2. The zero-order valence-electron chi connectivity index (χ0n) is 16.1. The number of benzene rings is 1. The van der Waals surface area contributed by atoms with Crippen molar-refractivity contribution < 1.29 is 9.59 Å². The van der Waals surface area contributed by atoms with Crippen molar-refractivity contribution in [2.24, 2.45) is 5.92 Å². The Kier molecular flexibility index (Phi) is 5.75. The highest BCUT2D eigenvalue weighted by molar-refractivity contribution is 8.01. The lowest BCUT2D eigenvalue weighted by molar-refractivity contribution is -0.114. The van der Waals surface area contributed by atoms with E-state index in [9.17, 15) is 9.59 Å². The van der Waals surface area contributed by atoms with Crippen molar-refractivity contribution in [3.8, 4) is 0 Å². The number of anilines is 1. The molecule has 2 atom stereocenters. The number of fused-ring (bicyclic) bond motifs is 3. The molecule has 2 bridgehead atoms. The Balaban J connectivity index is 1.37. The fourth-order valence-corrected chi connectivity index (χ4v) is 6.20. The number of amides is 2. The van der Waals surface area contributed by atoms with Crippen LogP contribution in [-0.2, 0) is 4.79 Å². The molecule has 0 aliphatic carbocycles. The van der Waals surface area contributed by atoms with Crippen molar-refractivity contribution in [2.75, 3.05) is 18.4 Å². The molecule has 0 radical (unpaired) electrons. The van der Waals surface area contributed by atoms with Gasteiger partial charge in [-0.25, -0.2) is 0 Å². The molecule has 0 unspecified atom stereocenters. The van der Waals surface area contributed by atoms with Crippen LogP contribution in [0, 0.1) is 5.92 Å². The van der Waals surface area contributed by atoms with Crippen molar-refractivity contribution in [1.29, 1.82) is 0 Å². The molecule has 3 fully saturated rings. The predicted molar refractivity (Wildman–Crippen MR) is 114 cm³/mol. The van der Waals surface area contributed by atoms with Gasteiger partial charge in [-0.05, 0) is 75.2 Å². The Labute approximate surface area is 173 Å². The second-order valence-corrected chi connectivity index (χ2v) is 10.00. The fourth-order valence-electron chi connectivity index (χ4n) is 4.19. The Bertz CT molecular complexity index is 855. The van der Waals surface area contributed by atoms with Gasteiger partial charge in [-0.1, -0.05) is 11.8 Å². The summed E-state index contributed by atoms with van der Waals surface area (Å²) < 4.78 is 1.08. The molecule has 4 heterocycles. The molecule has 1 aromatic carbocycles. The standard InChI is InChI=1S/C21H25N3O2S2/c1-13-20(15-9-11-24(13)12-10-15)23-21(26)18-7-8-19(28-18)27-17-5-3-16(4-6-17)22-14(2)25/h3-8,13,15,20H,9-12H2,1-2H3,(H,22,25)(H,23,26)/t13-,20+/m1/s1. The largest absolute Gasteiger partial charge is 0.347 e. The molecule has 1 aromatic heterocycles. The van der Waals surface area contributed by atoms with E-state index in [-0.39, 0.29) is 17.9 Å². The SMILES string of the molecule is CC(=O)Nc1ccc(Sc2ccc(C(=O)N[C@@H]3C4CCN(CC4)[C@@H]3C)s2)cc1. The van der Waals surface area contributed by atoms with Crippen LogP contribution >= 0.6 is 23.1 Å². The second kappa shape index (κ2) is 8.27. The third-order valence-corrected chi connectivity index (χ3v) is 7.90. The molecule has 2 aromatic rings. The highest BCUT2D eigenvalue weighted by atomic mass is 32.2. The van der Waals surface area contributed by atoms with Crippen LogP contribution in [0.2, 0.25) is 0 Å². The molecule has 5 rings (SSSR count). The number of nitrogens with zero attached hydrogens (tertiary/aromatic N) is 1. The van der Waals surface area contributed by atoms with Crippen LogP contribution in [0.4, 0.5) is 5.69 Å². The molecule has 28 heavy (non-hydrogen) atoms. The molecule has 3 aliphatic heterocycles. The van der Waals surface area contributed by atoms with E-state index in [0.29, 0.717) is 12.0 Å². The molecule has 3 aliphatic rings. The molecule has 0 saturated carbocycles. The van der Waals surface area contributed by atoms with E-state index in [1.54, 1.807) is 11.8 Å². The maximum Gasteiger partial charge on any atom is 0.261 e. The number of hydrogen-bond acceptors (Lipinski definition) is 5. The van der Waals surface area contributed by atoms with Crippen LogP contribution in [0.5, 0.6) is 0 Å².